The zero-order valence-electron chi connectivity index (χ0n) is 19.4. The number of fused-ring (bicyclic) bond motifs is 5. The monoisotopic (exact) mass is 686 g/mol. The number of ketones is 1. The molecule has 2 bridgehead atoms. The highest BCUT2D eigenvalue weighted by molar-refractivity contribution is 6.66. The topological polar surface area (TPSA) is 74.8 Å². The van der Waals surface area contributed by atoms with Gasteiger partial charge in [-0.25, -0.2) is 5.01 Å². The van der Waals surface area contributed by atoms with Crippen molar-refractivity contribution in [3.8, 4) is 0 Å². The number of hydrazine groups is 1. The molecule has 2 aromatic carbocycles. The summed E-state index contributed by atoms with van der Waals surface area (Å²) < 4.78 is -2.16. The minimum absolute atomic E-state index is 0.0221. The van der Waals surface area contributed by atoms with E-state index in [0.29, 0.717) is 10.0 Å². The Hall–Kier alpha value is -1.22. The third-order valence-electron chi connectivity index (χ3n) is 7.29. The number of hydrogen-bond donors (Lipinski definition) is 0. The molecule has 5 rings (SSSR count). The zero-order chi connectivity index (χ0) is 28.8. The van der Waals surface area contributed by atoms with Crippen LogP contribution in [-0.2, 0) is 9.59 Å². The van der Waals surface area contributed by atoms with Crippen molar-refractivity contribution >= 4 is 116 Å². The second-order valence-electron chi connectivity index (χ2n) is 9.25. The Balaban J connectivity index is 1.65. The van der Waals surface area contributed by atoms with Crippen LogP contribution in [0, 0.1) is 11.8 Å². The molecule has 6 nitrogen and oxygen atoms in total. The second-order valence-corrected chi connectivity index (χ2v) is 13.4. The molecular formula is C25H14Cl8N2O4. The molecule has 0 radical (unpaired) electrons. The number of carbonyl (C=O) groups is 4. The van der Waals surface area contributed by atoms with Crippen LogP contribution >= 0.6 is 92.8 Å². The molecule has 1 saturated carbocycles. The van der Waals surface area contributed by atoms with E-state index in [9.17, 15) is 19.2 Å². The Morgan fingerprint density at radius 1 is 0.821 bits per heavy atom. The molecule has 2 aliphatic carbocycles. The standard InChI is InChI=1S/C25H14Cl8N2O4/c1-10(17(36)11-6-8-12(26)9-7-11)34(20(37)13-4-2-3-5-14(13)27)35-21(38)15-16(22(35)39)24(31)19(29)18(28)23(15,30)25(24,32)33/h2-10,15-16H,1H3/t10-,15+,16+,23-,24-/m1/s1. The predicted octanol–water partition coefficient (Wildman–Crippen LogP) is 7.07. The number of Topliss-reactive ketones (excluding diaryl/α,β-unsaturated/α-hetero) is 1. The predicted molar refractivity (Wildman–Crippen MR) is 152 cm³/mol. The summed E-state index contributed by atoms with van der Waals surface area (Å²) in [5.41, 5.74) is 0.0917. The van der Waals surface area contributed by atoms with Crippen molar-refractivity contribution in [1.29, 1.82) is 0 Å². The van der Waals surface area contributed by atoms with Gasteiger partial charge in [0.2, 0.25) is 0 Å². The molecule has 1 heterocycles. The van der Waals surface area contributed by atoms with Crippen molar-refractivity contribution in [3.05, 3.63) is 79.8 Å². The van der Waals surface area contributed by atoms with Gasteiger partial charge in [-0.3, -0.25) is 19.2 Å². The van der Waals surface area contributed by atoms with Gasteiger partial charge in [0, 0.05) is 10.6 Å². The molecule has 14 heteroatoms. The molecule has 0 unspecified atom stereocenters. The number of imide groups is 1. The van der Waals surface area contributed by atoms with Gasteiger partial charge in [-0.15, -0.1) is 23.2 Å². The smallest absolute Gasteiger partial charge is 0.275 e. The van der Waals surface area contributed by atoms with Crippen LogP contribution in [0.3, 0.4) is 0 Å². The third-order valence-corrected chi connectivity index (χ3v) is 12.1. The minimum Gasteiger partial charge on any atom is -0.292 e. The van der Waals surface area contributed by atoms with Gasteiger partial charge in [0.1, 0.15) is 15.8 Å². The molecule has 204 valence electrons. The Bertz CT molecular complexity index is 1450. The first-order chi connectivity index (χ1) is 18.1. The van der Waals surface area contributed by atoms with Gasteiger partial charge in [0.15, 0.2) is 10.1 Å². The SMILES string of the molecule is C[C@H](C(=O)c1ccc(Cl)cc1)N(C(=O)c1ccccc1Cl)N1C(=O)[C@@H]2[C@@H](C1=O)[C@@]1(Cl)C(Cl)=C(Cl)[C@@]2(Cl)C1(Cl)Cl. The Kier molecular flexibility index (Phi) is 7.26. The maximum Gasteiger partial charge on any atom is 0.275 e. The molecule has 5 atom stereocenters. The van der Waals surface area contributed by atoms with Crippen molar-refractivity contribution < 1.29 is 19.2 Å². The van der Waals surface area contributed by atoms with E-state index in [1.54, 1.807) is 6.07 Å². The normalized spacial score (nSPS) is 29.6. The Morgan fingerprint density at radius 2 is 1.31 bits per heavy atom. The fourth-order valence-electron chi connectivity index (χ4n) is 5.36. The molecule has 3 aliphatic rings. The van der Waals surface area contributed by atoms with Crippen LogP contribution in [0.5, 0.6) is 0 Å². The van der Waals surface area contributed by atoms with E-state index in [1.165, 1.54) is 49.4 Å². The number of hydrogen-bond acceptors (Lipinski definition) is 4. The van der Waals surface area contributed by atoms with Crippen LogP contribution in [0.15, 0.2) is 58.6 Å². The molecule has 0 spiro atoms. The van der Waals surface area contributed by atoms with Gasteiger partial charge in [-0.1, -0.05) is 81.7 Å². The van der Waals surface area contributed by atoms with Gasteiger partial charge in [-0.2, -0.15) is 5.01 Å². The fraction of sp³-hybridized carbons (Fsp3) is 0.280. The molecule has 2 aromatic rings. The Morgan fingerprint density at radius 3 is 1.79 bits per heavy atom. The number of rotatable bonds is 5. The van der Waals surface area contributed by atoms with Gasteiger partial charge in [0.25, 0.3) is 17.7 Å². The lowest BCUT2D eigenvalue weighted by molar-refractivity contribution is -0.157. The van der Waals surface area contributed by atoms with Crippen LogP contribution in [-0.4, -0.2) is 53.6 Å². The highest BCUT2D eigenvalue weighted by Gasteiger charge is 2.88. The lowest BCUT2D eigenvalue weighted by Gasteiger charge is -2.38. The summed E-state index contributed by atoms with van der Waals surface area (Å²) in [6.07, 6.45) is 0. The third kappa shape index (κ3) is 3.69. The average Bonchev–Trinajstić information content (AvgIpc) is 3.28. The van der Waals surface area contributed by atoms with Gasteiger partial charge < -0.3 is 0 Å². The lowest BCUT2D eigenvalue weighted by Crippen LogP contribution is -2.59. The van der Waals surface area contributed by atoms with Crippen molar-refractivity contribution in [1.82, 2.24) is 10.0 Å². The maximum atomic E-state index is 14.0. The van der Waals surface area contributed by atoms with E-state index >= 15 is 0 Å². The summed E-state index contributed by atoms with van der Waals surface area (Å²) in [5.74, 6) is -6.52. The van der Waals surface area contributed by atoms with Crippen molar-refractivity contribution in [2.75, 3.05) is 0 Å². The first kappa shape index (κ1) is 29.3. The number of carbonyl (C=O) groups excluding carboxylic acids is 4. The largest absolute Gasteiger partial charge is 0.292 e. The van der Waals surface area contributed by atoms with E-state index in [2.05, 4.69) is 0 Å². The van der Waals surface area contributed by atoms with Gasteiger partial charge in [-0.05, 0) is 43.3 Å². The number of alkyl halides is 4. The number of allylic oxidation sites excluding steroid dienone is 2. The molecule has 0 aromatic heterocycles. The van der Waals surface area contributed by atoms with Crippen molar-refractivity contribution in [2.24, 2.45) is 11.8 Å². The number of benzene rings is 2. The lowest BCUT2D eigenvalue weighted by atomic mass is 9.84. The van der Waals surface area contributed by atoms with Crippen molar-refractivity contribution in [3.63, 3.8) is 0 Å². The minimum atomic E-state index is -2.16. The zero-order valence-corrected chi connectivity index (χ0v) is 25.4. The molecule has 1 aliphatic heterocycles. The van der Waals surface area contributed by atoms with Crippen molar-refractivity contribution in [2.45, 2.75) is 27.0 Å². The second kappa shape index (κ2) is 9.67. The Labute approximate surface area is 262 Å². The van der Waals surface area contributed by atoms with Crippen LogP contribution in [0.1, 0.15) is 27.6 Å². The van der Waals surface area contributed by atoms with E-state index in [-0.39, 0.29) is 26.2 Å². The molecule has 39 heavy (non-hydrogen) atoms. The van der Waals surface area contributed by atoms with Gasteiger partial charge >= 0.3 is 0 Å². The summed E-state index contributed by atoms with van der Waals surface area (Å²) in [4.78, 5) is 51.3. The van der Waals surface area contributed by atoms with E-state index < -0.39 is 55.5 Å². The van der Waals surface area contributed by atoms with E-state index in [1.807, 2.05) is 0 Å². The molecule has 1 saturated heterocycles. The number of halogens is 8. The maximum absolute atomic E-state index is 14.0. The highest BCUT2D eigenvalue weighted by Crippen LogP contribution is 2.77. The first-order valence-electron chi connectivity index (χ1n) is 11.2. The quantitative estimate of drug-likeness (QED) is 0.191. The summed E-state index contributed by atoms with van der Waals surface area (Å²) in [6, 6.07) is 10.4. The molecular weight excluding hydrogens is 676 g/mol. The van der Waals surface area contributed by atoms with Gasteiger partial charge in [0.05, 0.1) is 32.5 Å². The summed E-state index contributed by atoms with van der Waals surface area (Å²) >= 11 is 51.7. The average molecular weight is 690 g/mol. The van der Waals surface area contributed by atoms with E-state index in [4.69, 9.17) is 92.8 Å². The van der Waals surface area contributed by atoms with Crippen LogP contribution in [0.25, 0.3) is 0 Å². The molecule has 0 N–H and O–H groups in total. The molecule has 2 fully saturated rings. The number of amides is 3. The fourth-order valence-corrected chi connectivity index (χ4v) is 8.63. The van der Waals surface area contributed by atoms with Crippen LogP contribution in [0.2, 0.25) is 10.0 Å². The van der Waals surface area contributed by atoms with E-state index in [0.717, 1.165) is 5.01 Å². The summed E-state index contributed by atoms with van der Waals surface area (Å²) in [7, 11) is 0. The number of nitrogens with zero attached hydrogens (tertiary/aromatic N) is 2. The summed E-state index contributed by atoms with van der Waals surface area (Å²) in [5, 5.41) is 1.09. The molecule has 3 amide bonds. The summed E-state index contributed by atoms with van der Waals surface area (Å²) in [6.45, 7) is 1.35. The highest BCUT2D eigenvalue weighted by atomic mass is 35.5. The van der Waals surface area contributed by atoms with Crippen LogP contribution < -0.4 is 0 Å². The van der Waals surface area contributed by atoms with Crippen LogP contribution in [0.4, 0.5) is 0 Å². The first-order valence-corrected chi connectivity index (χ1v) is 14.2.